The molecule has 4 aromatic rings. The Morgan fingerprint density at radius 2 is 2.09 bits per heavy atom. The van der Waals surface area contributed by atoms with Crippen molar-refractivity contribution in [3.05, 3.63) is 77.7 Å². The van der Waals surface area contributed by atoms with Gasteiger partial charge in [0.25, 0.3) is 0 Å². The number of benzene rings is 2. The highest BCUT2D eigenvalue weighted by molar-refractivity contribution is 6.01. The summed E-state index contributed by atoms with van der Waals surface area (Å²) in [6, 6.07) is 14.3. The zero-order valence-corrected chi connectivity index (χ0v) is 18.6. The van der Waals surface area contributed by atoms with Gasteiger partial charge >= 0.3 is 12.0 Å². The Balaban J connectivity index is 1.29. The molecule has 35 heavy (non-hydrogen) atoms. The maximum Gasteiger partial charge on any atom is 0.482 e. The first-order valence-electron chi connectivity index (χ1n) is 11.4. The van der Waals surface area contributed by atoms with Crippen LogP contribution in [0.4, 0.5) is 25.8 Å². The molecule has 3 heterocycles. The second-order valence-electron chi connectivity index (χ2n) is 8.77. The average molecular weight is 476 g/mol. The summed E-state index contributed by atoms with van der Waals surface area (Å²) in [5.41, 5.74) is 5.00. The van der Waals surface area contributed by atoms with Gasteiger partial charge in [-0.2, -0.15) is 8.78 Å². The number of aromatic amines is 1. The zero-order valence-electron chi connectivity index (χ0n) is 18.6. The third kappa shape index (κ3) is 3.68. The number of aliphatic hydroxyl groups is 1. The van der Waals surface area contributed by atoms with Gasteiger partial charge in [-0.1, -0.05) is 18.2 Å². The number of H-pyrrole nitrogens is 1. The molecule has 7 nitrogen and oxygen atoms in total. The van der Waals surface area contributed by atoms with Crippen LogP contribution in [0.1, 0.15) is 29.3 Å². The molecule has 0 spiro atoms. The van der Waals surface area contributed by atoms with Crippen molar-refractivity contribution >= 4 is 33.9 Å². The molecule has 178 valence electrons. The highest BCUT2D eigenvalue weighted by Gasteiger charge is 2.50. The monoisotopic (exact) mass is 476 g/mol. The van der Waals surface area contributed by atoms with E-state index in [1.807, 2.05) is 30.5 Å². The van der Waals surface area contributed by atoms with Gasteiger partial charge in [-0.05, 0) is 54.7 Å². The van der Waals surface area contributed by atoms with E-state index >= 15 is 0 Å². The summed E-state index contributed by atoms with van der Waals surface area (Å²) in [6.45, 7) is 0.0785. The van der Waals surface area contributed by atoms with Crippen LogP contribution in [-0.2, 0) is 17.6 Å². The van der Waals surface area contributed by atoms with Crippen LogP contribution in [-0.4, -0.2) is 33.6 Å². The number of anilines is 3. The summed E-state index contributed by atoms with van der Waals surface area (Å²) in [4.78, 5) is 21.1. The van der Waals surface area contributed by atoms with Crippen molar-refractivity contribution in [2.24, 2.45) is 0 Å². The number of carbonyl (C=O) groups excluding carboxylic acids is 1. The fourth-order valence-electron chi connectivity index (χ4n) is 4.89. The Bertz CT molecular complexity index is 1450. The first kappa shape index (κ1) is 21.5. The Kier molecular flexibility index (Phi) is 4.96. The highest BCUT2D eigenvalue weighted by atomic mass is 19.3. The highest BCUT2D eigenvalue weighted by Crippen LogP contribution is 2.42. The largest absolute Gasteiger partial charge is 0.482 e. The van der Waals surface area contributed by atoms with E-state index in [0.29, 0.717) is 36.3 Å². The number of nitrogens with one attached hydrogen (secondary N) is 2. The van der Waals surface area contributed by atoms with Gasteiger partial charge in [-0.25, -0.2) is 0 Å². The molecule has 1 aliphatic heterocycles. The molecule has 1 atom stereocenters. The van der Waals surface area contributed by atoms with Gasteiger partial charge in [0, 0.05) is 47.3 Å². The van der Waals surface area contributed by atoms with Crippen LogP contribution >= 0.6 is 0 Å². The van der Waals surface area contributed by atoms with Crippen molar-refractivity contribution in [1.29, 1.82) is 0 Å². The van der Waals surface area contributed by atoms with Gasteiger partial charge < -0.3 is 20.1 Å². The number of hydrogen-bond donors (Lipinski definition) is 3. The number of pyridine rings is 1. The van der Waals surface area contributed by atoms with E-state index in [1.165, 1.54) is 6.07 Å². The van der Waals surface area contributed by atoms with Crippen LogP contribution in [0.25, 0.3) is 10.9 Å². The third-order valence-corrected chi connectivity index (χ3v) is 6.61. The first-order chi connectivity index (χ1) is 16.9. The molecule has 1 amide bonds. The smallest absolute Gasteiger partial charge is 0.423 e. The van der Waals surface area contributed by atoms with E-state index < -0.39 is 18.1 Å². The molecule has 2 aliphatic rings. The van der Waals surface area contributed by atoms with Gasteiger partial charge in [0.1, 0.15) is 0 Å². The number of aromatic nitrogens is 2. The number of carbonyl (C=O) groups is 1. The van der Waals surface area contributed by atoms with Crippen molar-refractivity contribution in [2.75, 3.05) is 16.8 Å². The van der Waals surface area contributed by atoms with Crippen LogP contribution in [0.15, 0.2) is 60.9 Å². The minimum Gasteiger partial charge on any atom is -0.423 e. The lowest BCUT2D eigenvalue weighted by molar-refractivity contribution is -0.192. The van der Waals surface area contributed by atoms with Gasteiger partial charge in [0.05, 0.1) is 17.5 Å². The summed E-state index contributed by atoms with van der Waals surface area (Å²) in [6.07, 6.45) is 0.533. The molecule has 0 saturated heterocycles. The van der Waals surface area contributed by atoms with E-state index in [4.69, 9.17) is 4.74 Å². The molecule has 2 aromatic carbocycles. The van der Waals surface area contributed by atoms with Crippen LogP contribution < -0.4 is 15.0 Å². The number of halogens is 2. The lowest BCUT2D eigenvalue weighted by Gasteiger charge is -2.33. The summed E-state index contributed by atoms with van der Waals surface area (Å²) in [5.74, 6) is -1.46. The molecule has 0 bridgehead atoms. The predicted octanol–water partition coefficient (Wildman–Crippen LogP) is 4.85. The molecule has 3 N–H and O–H groups in total. The number of rotatable bonds is 5. The minimum absolute atomic E-state index is 0.0785. The molecular formula is C26H22F2N4O3. The number of para-hydroxylation sites is 1. The summed E-state index contributed by atoms with van der Waals surface area (Å²) in [7, 11) is 0. The van der Waals surface area contributed by atoms with Crippen molar-refractivity contribution in [2.45, 2.75) is 31.5 Å². The Labute approximate surface area is 199 Å². The van der Waals surface area contributed by atoms with Crippen molar-refractivity contribution in [3.8, 4) is 5.75 Å². The Morgan fingerprint density at radius 3 is 2.97 bits per heavy atom. The zero-order chi connectivity index (χ0) is 24.2. The number of alkyl halides is 2. The molecule has 0 unspecified atom stereocenters. The molecule has 2 aromatic heterocycles. The second-order valence-corrected chi connectivity index (χ2v) is 8.77. The van der Waals surface area contributed by atoms with Crippen LogP contribution in [0.2, 0.25) is 0 Å². The maximum atomic E-state index is 14.6. The predicted molar refractivity (Wildman–Crippen MR) is 127 cm³/mol. The van der Waals surface area contributed by atoms with Crippen LogP contribution in [0.5, 0.6) is 5.75 Å². The summed E-state index contributed by atoms with van der Waals surface area (Å²) < 4.78 is 33.9. The number of ether oxygens (including phenoxy) is 1. The van der Waals surface area contributed by atoms with Gasteiger partial charge in [-0.15, -0.1) is 0 Å². The number of aliphatic hydroxyl groups excluding tert-OH is 1. The molecule has 0 radical (unpaired) electrons. The number of nitrogens with zero attached hydrogens (tertiary/aromatic N) is 2. The van der Waals surface area contributed by atoms with Gasteiger partial charge in [-0.3, -0.25) is 14.7 Å². The topological polar surface area (TPSA) is 90.5 Å². The van der Waals surface area contributed by atoms with E-state index in [-0.39, 0.29) is 12.3 Å². The summed E-state index contributed by atoms with van der Waals surface area (Å²) >= 11 is 0. The molecular weight excluding hydrogens is 454 g/mol. The lowest BCUT2D eigenvalue weighted by atomic mass is 10.1. The summed E-state index contributed by atoms with van der Waals surface area (Å²) in [5, 5.41) is 14.3. The molecule has 0 fully saturated rings. The Morgan fingerprint density at radius 1 is 1.23 bits per heavy atom. The number of fused-ring (bicyclic) bond motifs is 3. The SMILES string of the molecule is O=C1N(CCc2c[nH]c3ccccc23)c2ccc(Nc3ccnc4c3CC[C@@H]4O)cc2OC1(F)F. The number of hydrogen-bond acceptors (Lipinski definition) is 5. The van der Waals surface area contributed by atoms with Crippen LogP contribution in [0.3, 0.4) is 0 Å². The lowest BCUT2D eigenvalue weighted by Crippen LogP contribution is -2.51. The fraction of sp³-hybridized carbons (Fsp3) is 0.231. The molecule has 6 rings (SSSR count). The third-order valence-electron chi connectivity index (χ3n) is 6.61. The van der Waals surface area contributed by atoms with Gasteiger partial charge in [0.15, 0.2) is 5.75 Å². The van der Waals surface area contributed by atoms with Crippen molar-refractivity contribution in [3.63, 3.8) is 0 Å². The molecule has 0 saturated carbocycles. The van der Waals surface area contributed by atoms with Gasteiger partial charge in [0.2, 0.25) is 0 Å². The van der Waals surface area contributed by atoms with Crippen molar-refractivity contribution < 1.29 is 23.4 Å². The van der Waals surface area contributed by atoms with E-state index in [0.717, 1.165) is 32.6 Å². The standard InChI is InChI=1S/C26H22F2N4O3/c27-26(28)25(34)32(12-10-15-14-30-19-4-2-1-3-17(15)19)21-7-5-16(13-23(21)35-26)31-20-9-11-29-24-18(20)6-8-22(24)33/h1-5,7,9,11,13-14,22,30,33H,6,8,10,12H2,(H,29,31)/t22-/m0/s1. The maximum absolute atomic E-state index is 14.6. The van der Waals surface area contributed by atoms with E-state index in [9.17, 15) is 18.7 Å². The number of amides is 1. The second kappa shape index (κ2) is 8.06. The first-order valence-corrected chi connectivity index (χ1v) is 11.4. The quantitative estimate of drug-likeness (QED) is 0.383. The van der Waals surface area contributed by atoms with E-state index in [1.54, 1.807) is 24.4 Å². The normalized spacial score (nSPS) is 18.3. The molecule has 9 heteroatoms. The van der Waals surface area contributed by atoms with E-state index in [2.05, 4.69) is 15.3 Å². The Hall–Kier alpha value is -3.98. The fourth-order valence-corrected chi connectivity index (χ4v) is 4.89. The van der Waals surface area contributed by atoms with Crippen LogP contribution in [0, 0.1) is 0 Å². The molecule has 1 aliphatic carbocycles. The van der Waals surface area contributed by atoms with Crippen molar-refractivity contribution in [1.82, 2.24) is 9.97 Å². The average Bonchev–Trinajstić information content (AvgIpc) is 3.43. The minimum atomic E-state index is -3.96.